The lowest BCUT2D eigenvalue weighted by Gasteiger charge is -2.10. The van der Waals surface area contributed by atoms with Gasteiger partial charge in [0.2, 0.25) is 5.91 Å². The Morgan fingerprint density at radius 1 is 1.50 bits per heavy atom. The first-order valence-electron chi connectivity index (χ1n) is 4.86. The second kappa shape index (κ2) is 6.35. The Labute approximate surface area is 99.2 Å². The molecule has 1 aromatic carbocycles. The van der Waals surface area contributed by atoms with Gasteiger partial charge in [-0.3, -0.25) is 4.79 Å². The summed E-state index contributed by atoms with van der Waals surface area (Å²) in [7, 11) is 0. The first-order chi connectivity index (χ1) is 7.61. The minimum atomic E-state index is -0.670. The molecule has 1 aromatic rings. The number of aliphatic hydroxyl groups is 1. The summed E-state index contributed by atoms with van der Waals surface area (Å²) < 4.78 is 5.27. The molecule has 0 heterocycles. The normalized spacial score (nSPS) is 11.9. The molecule has 0 aliphatic heterocycles. The van der Waals surface area contributed by atoms with Crippen molar-refractivity contribution in [2.45, 2.75) is 13.0 Å². The molecule has 2 N–H and O–H groups in total. The maximum absolute atomic E-state index is 10.8. The maximum atomic E-state index is 10.8. The molecule has 0 radical (unpaired) electrons. The average molecular weight is 244 g/mol. The highest BCUT2D eigenvalue weighted by Gasteiger charge is 2.03. The number of rotatable bonds is 5. The maximum Gasteiger partial charge on any atom is 0.221 e. The number of hydrogen-bond donors (Lipinski definition) is 2. The fraction of sp³-hybridized carbons (Fsp3) is 0.364. The number of aliphatic hydroxyl groups excluding tert-OH is 1. The van der Waals surface area contributed by atoms with Crippen molar-refractivity contribution in [2.24, 2.45) is 0 Å². The third-order valence-corrected chi connectivity index (χ3v) is 2.15. The Balaban J connectivity index is 2.48. The minimum absolute atomic E-state index is 0.119. The van der Waals surface area contributed by atoms with Crippen molar-refractivity contribution in [1.29, 1.82) is 0 Å². The fourth-order valence-corrected chi connectivity index (χ4v) is 1.16. The van der Waals surface area contributed by atoms with Crippen LogP contribution in [0.25, 0.3) is 0 Å². The van der Waals surface area contributed by atoms with Crippen LogP contribution in [-0.2, 0) is 4.79 Å². The minimum Gasteiger partial charge on any atom is -0.491 e. The van der Waals surface area contributed by atoms with Gasteiger partial charge in [0.1, 0.15) is 18.5 Å². The van der Waals surface area contributed by atoms with E-state index in [1.54, 1.807) is 24.3 Å². The van der Waals surface area contributed by atoms with E-state index in [9.17, 15) is 9.90 Å². The zero-order chi connectivity index (χ0) is 12.0. The highest BCUT2D eigenvalue weighted by Crippen LogP contribution is 2.15. The van der Waals surface area contributed by atoms with Crippen molar-refractivity contribution in [1.82, 2.24) is 0 Å². The molecule has 0 saturated heterocycles. The number of hydrogen-bond acceptors (Lipinski definition) is 3. The first kappa shape index (κ1) is 12.8. The van der Waals surface area contributed by atoms with Gasteiger partial charge in [-0.2, -0.15) is 0 Å². The van der Waals surface area contributed by atoms with Crippen LogP contribution in [0.2, 0.25) is 0 Å². The lowest BCUT2D eigenvalue weighted by atomic mass is 10.3. The van der Waals surface area contributed by atoms with Gasteiger partial charge in [-0.1, -0.05) is 0 Å². The summed E-state index contributed by atoms with van der Waals surface area (Å²) in [5, 5.41) is 11.8. The summed E-state index contributed by atoms with van der Waals surface area (Å²) >= 11 is 5.42. The van der Waals surface area contributed by atoms with E-state index in [1.807, 2.05) is 0 Å². The van der Waals surface area contributed by atoms with E-state index in [2.05, 4.69) is 5.32 Å². The molecule has 0 aliphatic rings. The summed E-state index contributed by atoms with van der Waals surface area (Å²) in [6, 6.07) is 6.88. The van der Waals surface area contributed by atoms with E-state index >= 15 is 0 Å². The third kappa shape index (κ3) is 4.51. The molecule has 0 unspecified atom stereocenters. The molecule has 1 rings (SSSR count). The zero-order valence-electron chi connectivity index (χ0n) is 8.94. The molecule has 0 bridgehead atoms. The van der Waals surface area contributed by atoms with Gasteiger partial charge in [0, 0.05) is 12.6 Å². The predicted octanol–water partition coefficient (Wildman–Crippen LogP) is 1.62. The largest absolute Gasteiger partial charge is 0.491 e. The highest BCUT2D eigenvalue weighted by molar-refractivity contribution is 6.18. The van der Waals surface area contributed by atoms with Gasteiger partial charge in [-0.05, 0) is 24.3 Å². The Morgan fingerprint density at radius 2 is 2.12 bits per heavy atom. The SMILES string of the molecule is CC(=O)Nc1ccc(OC[C@@H](O)CCl)cc1. The lowest BCUT2D eigenvalue weighted by Crippen LogP contribution is -2.18. The van der Waals surface area contributed by atoms with Crippen molar-refractivity contribution in [3.05, 3.63) is 24.3 Å². The Kier molecular flexibility index (Phi) is 5.08. The van der Waals surface area contributed by atoms with Crippen LogP contribution in [0.3, 0.4) is 0 Å². The van der Waals surface area contributed by atoms with E-state index in [0.717, 1.165) is 0 Å². The summed E-state index contributed by atoms with van der Waals surface area (Å²) in [6.07, 6.45) is -0.670. The number of alkyl halides is 1. The molecule has 0 aliphatic carbocycles. The Morgan fingerprint density at radius 3 is 2.62 bits per heavy atom. The van der Waals surface area contributed by atoms with Gasteiger partial charge in [-0.25, -0.2) is 0 Å². The number of anilines is 1. The van der Waals surface area contributed by atoms with E-state index < -0.39 is 6.10 Å². The molecule has 4 nitrogen and oxygen atoms in total. The van der Waals surface area contributed by atoms with E-state index in [4.69, 9.17) is 16.3 Å². The quantitative estimate of drug-likeness (QED) is 0.773. The average Bonchev–Trinajstić information content (AvgIpc) is 2.27. The number of amides is 1. The van der Waals surface area contributed by atoms with Crippen molar-refractivity contribution in [3.63, 3.8) is 0 Å². The van der Waals surface area contributed by atoms with Crippen molar-refractivity contribution >= 4 is 23.2 Å². The van der Waals surface area contributed by atoms with E-state index in [1.165, 1.54) is 6.92 Å². The van der Waals surface area contributed by atoms with Crippen molar-refractivity contribution < 1.29 is 14.6 Å². The molecule has 0 spiro atoms. The molecular weight excluding hydrogens is 230 g/mol. The van der Waals surface area contributed by atoms with Crippen LogP contribution in [-0.4, -0.2) is 29.6 Å². The van der Waals surface area contributed by atoms with Crippen LogP contribution in [0.5, 0.6) is 5.75 Å². The number of ether oxygens (including phenoxy) is 1. The molecule has 88 valence electrons. The Bertz CT molecular complexity index is 340. The van der Waals surface area contributed by atoms with Crippen LogP contribution in [0.1, 0.15) is 6.92 Å². The van der Waals surface area contributed by atoms with Crippen LogP contribution in [0.4, 0.5) is 5.69 Å². The second-order valence-corrected chi connectivity index (χ2v) is 3.63. The molecular formula is C11H14ClNO3. The third-order valence-electron chi connectivity index (χ3n) is 1.80. The van der Waals surface area contributed by atoms with Gasteiger partial charge >= 0.3 is 0 Å². The summed E-state index contributed by atoms with van der Waals surface area (Å²) in [5.74, 6) is 0.647. The lowest BCUT2D eigenvalue weighted by molar-refractivity contribution is -0.114. The molecule has 0 saturated carbocycles. The van der Waals surface area contributed by atoms with E-state index in [0.29, 0.717) is 11.4 Å². The molecule has 0 aromatic heterocycles. The molecule has 5 heteroatoms. The molecule has 0 fully saturated rings. The summed E-state index contributed by atoms with van der Waals surface area (Å²) in [5.41, 5.74) is 0.706. The van der Waals surface area contributed by atoms with Crippen molar-refractivity contribution in [3.8, 4) is 5.75 Å². The van der Waals surface area contributed by atoms with Crippen LogP contribution in [0, 0.1) is 0 Å². The van der Waals surface area contributed by atoms with Crippen molar-refractivity contribution in [2.75, 3.05) is 17.8 Å². The van der Waals surface area contributed by atoms with Crippen LogP contribution >= 0.6 is 11.6 Å². The number of halogens is 1. The van der Waals surface area contributed by atoms with Gasteiger partial charge in [0.25, 0.3) is 0 Å². The van der Waals surface area contributed by atoms with Gasteiger partial charge in [-0.15, -0.1) is 11.6 Å². The zero-order valence-corrected chi connectivity index (χ0v) is 9.70. The predicted molar refractivity (Wildman–Crippen MR) is 63.0 cm³/mol. The fourth-order valence-electron chi connectivity index (χ4n) is 1.07. The molecule has 1 atom stereocenters. The molecule has 16 heavy (non-hydrogen) atoms. The smallest absolute Gasteiger partial charge is 0.221 e. The standard InChI is InChI=1S/C11H14ClNO3/c1-8(14)13-9-2-4-11(5-3-9)16-7-10(15)6-12/h2-5,10,15H,6-7H2,1H3,(H,13,14)/t10-/m0/s1. The number of carbonyl (C=O) groups is 1. The second-order valence-electron chi connectivity index (χ2n) is 3.32. The number of nitrogens with one attached hydrogen (secondary N) is 1. The monoisotopic (exact) mass is 243 g/mol. The van der Waals surface area contributed by atoms with Gasteiger partial charge in [0.05, 0.1) is 5.88 Å². The van der Waals surface area contributed by atoms with Gasteiger partial charge < -0.3 is 15.2 Å². The van der Waals surface area contributed by atoms with Crippen LogP contribution in [0.15, 0.2) is 24.3 Å². The first-order valence-corrected chi connectivity index (χ1v) is 5.39. The summed E-state index contributed by atoms with van der Waals surface area (Å²) in [4.78, 5) is 10.8. The van der Waals surface area contributed by atoms with E-state index in [-0.39, 0.29) is 18.4 Å². The number of benzene rings is 1. The highest BCUT2D eigenvalue weighted by atomic mass is 35.5. The van der Waals surface area contributed by atoms with Crippen LogP contribution < -0.4 is 10.1 Å². The summed E-state index contributed by atoms with van der Waals surface area (Å²) in [6.45, 7) is 1.60. The molecule has 1 amide bonds. The topological polar surface area (TPSA) is 58.6 Å². The Hall–Kier alpha value is -1.26. The number of carbonyl (C=O) groups excluding carboxylic acids is 1. The van der Waals surface area contributed by atoms with Gasteiger partial charge in [0.15, 0.2) is 0 Å².